The average Bonchev–Trinajstić information content (AvgIpc) is 2.38. The lowest BCUT2D eigenvalue weighted by Crippen LogP contribution is -2.21. The lowest BCUT2D eigenvalue weighted by molar-refractivity contribution is 0.0600. The van der Waals surface area contributed by atoms with E-state index in [4.69, 9.17) is 4.74 Å². The first-order valence-electron chi connectivity index (χ1n) is 5.65. The van der Waals surface area contributed by atoms with E-state index < -0.39 is 0 Å². The van der Waals surface area contributed by atoms with Crippen LogP contribution in [0.1, 0.15) is 23.7 Å². The molecule has 5 heteroatoms. The molecule has 1 rings (SSSR count). The van der Waals surface area contributed by atoms with Gasteiger partial charge in [0.25, 0.3) is 0 Å². The van der Waals surface area contributed by atoms with E-state index in [0.29, 0.717) is 18.1 Å². The number of carbonyl (C=O) groups excluding carboxylic acids is 1. The third-order valence-corrected chi connectivity index (χ3v) is 2.11. The molecule has 0 radical (unpaired) electrons. The first-order valence-corrected chi connectivity index (χ1v) is 5.65. The molecular weight excluding hydrogens is 220 g/mol. The molecule has 0 aromatic carbocycles. The second-order valence-electron chi connectivity index (χ2n) is 3.47. The van der Waals surface area contributed by atoms with Gasteiger partial charge in [0.05, 0.1) is 12.7 Å². The van der Waals surface area contributed by atoms with Crippen LogP contribution in [0.5, 0.6) is 5.88 Å². The van der Waals surface area contributed by atoms with E-state index in [-0.39, 0.29) is 5.97 Å². The molecular formula is C12H18N2O3. The number of esters is 1. The summed E-state index contributed by atoms with van der Waals surface area (Å²) in [4.78, 5) is 15.3. The summed E-state index contributed by atoms with van der Waals surface area (Å²) in [6.45, 7) is 4.36. The second kappa shape index (κ2) is 7.62. The Kier molecular flexibility index (Phi) is 6.03. The average molecular weight is 238 g/mol. The summed E-state index contributed by atoms with van der Waals surface area (Å²) < 4.78 is 10.0. The quantitative estimate of drug-likeness (QED) is 0.572. The van der Waals surface area contributed by atoms with Gasteiger partial charge in [0, 0.05) is 18.8 Å². The maximum atomic E-state index is 11.3. The topological polar surface area (TPSA) is 60.5 Å². The highest BCUT2D eigenvalue weighted by Crippen LogP contribution is 2.09. The summed E-state index contributed by atoms with van der Waals surface area (Å²) in [5.74, 6) is 0.0487. The minimum absolute atomic E-state index is 0.388. The van der Waals surface area contributed by atoms with Gasteiger partial charge in [-0.3, -0.25) is 0 Å². The van der Waals surface area contributed by atoms with Crippen molar-refractivity contribution < 1.29 is 14.3 Å². The van der Waals surface area contributed by atoms with Gasteiger partial charge in [-0.05, 0) is 19.0 Å². The molecule has 0 unspecified atom stereocenters. The summed E-state index contributed by atoms with van der Waals surface area (Å²) >= 11 is 0. The van der Waals surface area contributed by atoms with Crippen LogP contribution in [-0.2, 0) is 4.74 Å². The van der Waals surface area contributed by atoms with Crippen LogP contribution in [-0.4, -0.2) is 37.8 Å². The summed E-state index contributed by atoms with van der Waals surface area (Å²) in [5.41, 5.74) is 0.444. The zero-order chi connectivity index (χ0) is 12.5. The van der Waals surface area contributed by atoms with Gasteiger partial charge < -0.3 is 14.8 Å². The smallest absolute Gasteiger partial charge is 0.338 e. The van der Waals surface area contributed by atoms with Crippen LogP contribution in [0.3, 0.4) is 0 Å². The summed E-state index contributed by atoms with van der Waals surface area (Å²) in [6, 6.07) is 3.17. The Morgan fingerprint density at radius 2 is 2.29 bits per heavy atom. The number of hydrogen-bond acceptors (Lipinski definition) is 5. The van der Waals surface area contributed by atoms with Crippen molar-refractivity contribution in [2.45, 2.75) is 13.3 Å². The molecule has 1 N–H and O–H groups in total. The van der Waals surface area contributed by atoms with Crippen molar-refractivity contribution in [2.24, 2.45) is 0 Å². The normalized spacial score (nSPS) is 10.0. The maximum Gasteiger partial charge on any atom is 0.338 e. The molecule has 0 aliphatic rings. The first-order chi connectivity index (χ1) is 8.27. The van der Waals surface area contributed by atoms with Crippen molar-refractivity contribution in [1.82, 2.24) is 10.3 Å². The number of hydrogen-bond donors (Lipinski definition) is 1. The predicted octanol–water partition coefficient (Wildman–Crippen LogP) is 1.25. The van der Waals surface area contributed by atoms with Crippen molar-refractivity contribution in [3.05, 3.63) is 23.9 Å². The number of pyridine rings is 1. The number of methoxy groups -OCH3 is 1. The number of ether oxygens (including phenoxy) is 2. The molecule has 17 heavy (non-hydrogen) atoms. The molecule has 0 saturated heterocycles. The largest absolute Gasteiger partial charge is 0.476 e. The van der Waals surface area contributed by atoms with E-state index >= 15 is 0 Å². The van der Waals surface area contributed by atoms with Crippen LogP contribution < -0.4 is 10.1 Å². The van der Waals surface area contributed by atoms with E-state index in [1.165, 1.54) is 13.3 Å². The molecule has 0 atom stereocenters. The number of nitrogens with zero attached hydrogens (tertiary/aromatic N) is 1. The monoisotopic (exact) mass is 238 g/mol. The Balaban J connectivity index is 2.40. The van der Waals surface area contributed by atoms with Crippen LogP contribution in [0.15, 0.2) is 18.3 Å². The van der Waals surface area contributed by atoms with Crippen molar-refractivity contribution in [2.75, 3.05) is 26.8 Å². The fourth-order valence-corrected chi connectivity index (χ4v) is 1.26. The van der Waals surface area contributed by atoms with Gasteiger partial charge in [-0.15, -0.1) is 0 Å². The van der Waals surface area contributed by atoms with Crippen LogP contribution in [0.25, 0.3) is 0 Å². The Morgan fingerprint density at radius 3 is 3.00 bits per heavy atom. The number of rotatable bonds is 7. The van der Waals surface area contributed by atoms with E-state index in [1.54, 1.807) is 12.1 Å². The van der Waals surface area contributed by atoms with Gasteiger partial charge in [-0.1, -0.05) is 6.92 Å². The Bertz CT molecular complexity index is 355. The minimum atomic E-state index is -0.388. The molecule has 0 amide bonds. The van der Waals surface area contributed by atoms with Gasteiger partial charge in [0.1, 0.15) is 6.61 Å². The first kappa shape index (κ1) is 13.4. The molecule has 5 nitrogen and oxygen atoms in total. The Labute approximate surface area is 101 Å². The Morgan fingerprint density at radius 1 is 1.47 bits per heavy atom. The highest BCUT2D eigenvalue weighted by Gasteiger charge is 2.06. The predicted molar refractivity (Wildman–Crippen MR) is 64.2 cm³/mol. The molecule has 0 aliphatic heterocycles. The third kappa shape index (κ3) is 4.82. The van der Waals surface area contributed by atoms with Gasteiger partial charge in [0.15, 0.2) is 0 Å². The van der Waals surface area contributed by atoms with E-state index in [9.17, 15) is 4.79 Å². The fraction of sp³-hybridized carbons (Fsp3) is 0.500. The maximum absolute atomic E-state index is 11.3. The lowest BCUT2D eigenvalue weighted by Gasteiger charge is -2.06. The minimum Gasteiger partial charge on any atom is -0.476 e. The number of aromatic nitrogens is 1. The molecule has 1 heterocycles. The summed E-state index contributed by atoms with van der Waals surface area (Å²) in [6.07, 6.45) is 2.62. The standard InChI is InChI=1S/C12H18N2O3/c1-3-5-13-7-8-17-11-9-10(4-6-14-11)12(15)16-2/h4,6,9,13H,3,5,7-8H2,1-2H3. The molecule has 94 valence electrons. The van der Waals surface area contributed by atoms with Crippen LogP contribution in [0.4, 0.5) is 0 Å². The van der Waals surface area contributed by atoms with Gasteiger partial charge >= 0.3 is 5.97 Å². The van der Waals surface area contributed by atoms with Crippen molar-refractivity contribution >= 4 is 5.97 Å². The molecule has 1 aromatic rings. The molecule has 0 bridgehead atoms. The Hall–Kier alpha value is -1.62. The second-order valence-corrected chi connectivity index (χ2v) is 3.47. The zero-order valence-corrected chi connectivity index (χ0v) is 10.2. The van der Waals surface area contributed by atoms with Crippen LogP contribution in [0, 0.1) is 0 Å². The molecule has 0 saturated carbocycles. The van der Waals surface area contributed by atoms with Gasteiger partial charge in [-0.2, -0.15) is 0 Å². The van der Waals surface area contributed by atoms with E-state index in [0.717, 1.165) is 19.5 Å². The van der Waals surface area contributed by atoms with Crippen LogP contribution >= 0.6 is 0 Å². The van der Waals surface area contributed by atoms with E-state index in [2.05, 4.69) is 22.0 Å². The van der Waals surface area contributed by atoms with Crippen molar-refractivity contribution in [1.29, 1.82) is 0 Å². The highest BCUT2D eigenvalue weighted by molar-refractivity contribution is 5.89. The van der Waals surface area contributed by atoms with Crippen molar-refractivity contribution in [3.8, 4) is 5.88 Å². The molecule has 0 aliphatic carbocycles. The molecule has 0 fully saturated rings. The van der Waals surface area contributed by atoms with E-state index in [1.807, 2.05) is 0 Å². The highest BCUT2D eigenvalue weighted by atomic mass is 16.5. The SMILES string of the molecule is CCCNCCOc1cc(C(=O)OC)ccn1. The van der Waals surface area contributed by atoms with Crippen molar-refractivity contribution in [3.63, 3.8) is 0 Å². The molecule has 0 spiro atoms. The zero-order valence-electron chi connectivity index (χ0n) is 10.2. The molecule has 1 aromatic heterocycles. The fourth-order valence-electron chi connectivity index (χ4n) is 1.26. The summed E-state index contributed by atoms with van der Waals surface area (Å²) in [5, 5.41) is 3.21. The van der Waals surface area contributed by atoms with Crippen LogP contribution in [0.2, 0.25) is 0 Å². The number of nitrogens with one attached hydrogen (secondary N) is 1. The van der Waals surface area contributed by atoms with Gasteiger partial charge in [0.2, 0.25) is 5.88 Å². The number of carbonyl (C=O) groups is 1. The van der Waals surface area contributed by atoms with Gasteiger partial charge in [-0.25, -0.2) is 9.78 Å². The summed E-state index contributed by atoms with van der Waals surface area (Å²) in [7, 11) is 1.35. The third-order valence-electron chi connectivity index (χ3n) is 2.11. The lowest BCUT2D eigenvalue weighted by atomic mass is 10.3.